The molecule has 0 radical (unpaired) electrons. The van der Waals surface area contributed by atoms with Gasteiger partial charge < -0.3 is 64.9 Å². The van der Waals surface area contributed by atoms with Gasteiger partial charge in [0.2, 0.25) is 12.6 Å². The van der Waals surface area contributed by atoms with E-state index in [0.717, 1.165) is 28.5 Å². The van der Waals surface area contributed by atoms with Crippen LogP contribution in [0.3, 0.4) is 0 Å². The molecule has 2 aromatic carbocycles. The molecule has 0 aliphatic carbocycles. The second kappa shape index (κ2) is 24.5. The highest BCUT2D eigenvalue weighted by Crippen LogP contribution is 2.33. The fraction of sp³-hybridized carbons (Fsp3) is 0.711. The minimum absolute atomic E-state index is 0.000110. The van der Waals surface area contributed by atoms with Crippen LogP contribution in [0.15, 0.2) is 36.4 Å². The first-order chi connectivity index (χ1) is 27.2. The number of ether oxygens (including phenoxy) is 4. The standard InChI is InChI=1S/C19H30O6.C18H26O8.2C4H10/c1-5-13-15(21)16(22)17(23)18(24-13)25-14-7-6-11(10-20)8-12(14)9-19(2,3)4;1-18(2,3)7-10-6-9(8-19)4-5-11(10)25-17-14(22)12(20)13(21)15(26-17)16(23)24;2*1-4(2)3/h6-8,13,15-18,20-23H,5,9-10H2,1-4H3;4-6,12-15,17,19-22H,7-8H2,1-3H3,(H,23,24);2*4H,1-3H3. The summed E-state index contributed by atoms with van der Waals surface area (Å²) in [5.74, 6) is 1.08. The molecular weight excluding hydrogens is 764 g/mol. The van der Waals surface area contributed by atoms with E-state index in [1.165, 1.54) is 0 Å². The highest BCUT2D eigenvalue weighted by Gasteiger charge is 2.48. The van der Waals surface area contributed by atoms with Crippen LogP contribution >= 0.6 is 0 Å². The zero-order valence-corrected chi connectivity index (χ0v) is 37.5. The molecular formula is C45H76O14. The topological polar surface area (TPSA) is 236 Å². The molecule has 340 valence electrons. The first kappa shape index (κ1) is 54.1. The molecule has 10 atom stereocenters. The highest BCUT2D eigenvalue weighted by molar-refractivity contribution is 5.73. The first-order valence-corrected chi connectivity index (χ1v) is 20.6. The molecule has 10 unspecified atom stereocenters. The molecule has 2 aromatic rings. The van der Waals surface area contributed by atoms with Crippen molar-refractivity contribution in [2.45, 2.75) is 184 Å². The summed E-state index contributed by atoms with van der Waals surface area (Å²) < 4.78 is 22.3. The van der Waals surface area contributed by atoms with Gasteiger partial charge in [0.05, 0.1) is 19.3 Å². The predicted octanol–water partition coefficient (Wildman–Crippen LogP) is 4.73. The van der Waals surface area contributed by atoms with Crippen LogP contribution in [-0.4, -0.2) is 113 Å². The van der Waals surface area contributed by atoms with Gasteiger partial charge in [0.1, 0.15) is 48.1 Å². The molecule has 14 heteroatoms. The number of carboxylic acid groups (broad SMARTS) is 1. The molecule has 9 N–H and O–H groups in total. The monoisotopic (exact) mass is 841 g/mol. The summed E-state index contributed by atoms with van der Waals surface area (Å²) in [4.78, 5) is 11.2. The van der Waals surface area contributed by atoms with Crippen LogP contribution in [0.1, 0.15) is 119 Å². The Kier molecular flexibility index (Phi) is 22.5. The molecule has 4 rings (SSSR count). The SMILES string of the molecule is CC(C)(C)Cc1cc(CO)ccc1OC1OC(C(=O)O)C(O)C(O)C1O.CC(C)C.CC(C)C.CCC1OC(Oc2ccc(CO)cc2CC(C)(C)C)C(O)C(O)C1O. The van der Waals surface area contributed by atoms with E-state index < -0.39 is 67.4 Å². The van der Waals surface area contributed by atoms with Gasteiger partial charge in [-0.1, -0.05) is 102 Å². The number of aliphatic hydroxyl groups excluding tert-OH is 8. The van der Waals surface area contributed by atoms with Gasteiger partial charge >= 0.3 is 5.97 Å². The van der Waals surface area contributed by atoms with Crippen molar-refractivity contribution in [1.29, 1.82) is 0 Å². The van der Waals surface area contributed by atoms with Crippen molar-refractivity contribution < 1.29 is 69.7 Å². The molecule has 0 spiro atoms. The van der Waals surface area contributed by atoms with Crippen LogP contribution < -0.4 is 9.47 Å². The Morgan fingerprint density at radius 1 is 0.610 bits per heavy atom. The predicted molar refractivity (Wildman–Crippen MR) is 225 cm³/mol. The third-order valence-corrected chi connectivity index (χ3v) is 8.43. The van der Waals surface area contributed by atoms with E-state index in [1.54, 1.807) is 30.3 Å². The second-order valence-electron chi connectivity index (χ2n) is 19.0. The first-order valence-electron chi connectivity index (χ1n) is 20.6. The van der Waals surface area contributed by atoms with Crippen LogP contribution in [0.2, 0.25) is 0 Å². The smallest absolute Gasteiger partial charge is 0.335 e. The molecule has 2 heterocycles. The quantitative estimate of drug-likeness (QED) is 0.157. The Balaban J connectivity index is 0.000000499. The minimum Gasteiger partial charge on any atom is -0.479 e. The molecule has 2 aliphatic heterocycles. The number of carbonyl (C=O) groups is 1. The van der Waals surface area contributed by atoms with Crippen molar-refractivity contribution in [3.63, 3.8) is 0 Å². The lowest BCUT2D eigenvalue weighted by molar-refractivity contribution is -0.272. The van der Waals surface area contributed by atoms with Gasteiger partial charge in [-0.2, -0.15) is 0 Å². The number of aliphatic carboxylic acids is 1. The van der Waals surface area contributed by atoms with E-state index in [4.69, 9.17) is 24.1 Å². The largest absolute Gasteiger partial charge is 0.479 e. The van der Waals surface area contributed by atoms with Gasteiger partial charge in [-0.3, -0.25) is 0 Å². The molecule has 0 aromatic heterocycles. The summed E-state index contributed by atoms with van der Waals surface area (Å²) in [6.07, 6.45) is -12.0. The van der Waals surface area contributed by atoms with Crippen molar-refractivity contribution in [1.82, 2.24) is 0 Å². The molecule has 2 saturated heterocycles. The summed E-state index contributed by atoms with van der Waals surface area (Å²) in [5, 5.41) is 87.8. The molecule has 2 fully saturated rings. The maximum Gasteiger partial charge on any atom is 0.335 e. The zero-order chi connectivity index (χ0) is 45.6. The van der Waals surface area contributed by atoms with E-state index in [0.29, 0.717) is 36.3 Å². The van der Waals surface area contributed by atoms with Gasteiger partial charge in [0.15, 0.2) is 6.10 Å². The Hall–Kier alpha value is -2.89. The molecule has 59 heavy (non-hydrogen) atoms. The Morgan fingerprint density at radius 2 is 0.966 bits per heavy atom. The van der Waals surface area contributed by atoms with Crippen molar-refractivity contribution in [2.24, 2.45) is 22.7 Å². The number of hydrogen-bond acceptors (Lipinski definition) is 13. The molecule has 0 bridgehead atoms. The normalized spacial score (nSPS) is 27.0. The summed E-state index contributed by atoms with van der Waals surface area (Å²) >= 11 is 0. The highest BCUT2D eigenvalue weighted by atomic mass is 16.7. The average Bonchev–Trinajstić information content (AvgIpc) is 3.11. The third-order valence-electron chi connectivity index (χ3n) is 8.43. The lowest BCUT2D eigenvalue weighted by Crippen LogP contribution is -2.61. The maximum atomic E-state index is 11.2. The second-order valence-corrected chi connectivity index (χ2v) is 19.0. The lowest BCUT2D eigenvalue weighted by Gasteiger charge is -2.40. The summed E-state index contributed by atoms with van der Waals surface area (Å²) in [7, 11) is 0. The van der Waals surface area contributed by atoms with Crippen LogP contribution in [0.4, 0.5) is 0 Å². The van der Waals surface area contributed by atoms with Crippen LogP contribution in [0, 0.1) is 22.7 Å². The van der Waals surface area contributed by atoms with Gasteiger partial charge in [0, 0.05) is 0 Å². The maximum absolute atomic E-state index is 11.2. The number of carboxylic acids is 1. The van der Waals surface area contributed by atoms with E-state index in [-0.39, 0.29) is 24.0 Å². The third kappa shape index (κ3) is 18.7. The number of rotatable bonds is 10. The number of aliphatic hydroxyl groups is 8. The van der Waals surface area contributed by atoms with E-state index in [1.807, 2.05) is 33.8 Å². The van der Waals surface area contributed by atoms with Crippen LogP contribution in [0.25, 0.3) is 0 Å². The Labute approximate surface area is 351 Å². The average molecular weight is 841 g/mol. The molecule has 14 nitrogen and oxygen atoms in total. The summed E-state index contributed by atoms with van der Waals surface area (Å²) in [6.45, 7) is 27.0. The number of hydrogen-bond donors (Lipinski definition) is 9. The van der Waals surface area contributed by atoms with Crippen LogP contribution in [-0.2, 0) is 40.3 Å². The van der Waals surface area contributed by atoms with Crippen molar-refractivity contribution in [3.05, 3.63) is 58.7 Å². The summed E-state index contributed by atoms with van der Waals surface area (Å²) in [6, 6.07) is 10.3. The lowest BCUT2D eigenvalue weighted by atomic mass is 9.87. The van der Waals surface area contributed by atoms with Crippen molar-refractivity contribution in [3.8, 4) is 11.5 Å². The van der Waals surface area contributed by atoms with Gasteiger partial charge in [-0.05, 0) is 88.4 Å². The van der Waals surface area contributed by atoms with Crippen LogP contribution in [0.5, 0.6) is 11.5 Å². The minimum atomic E-state index is -1.77. The zero-order valence-electron chi connectivity index (χ0n) is 37.5. The van der Waals surface area contributed by atoms with E-state index in [9.17, 15) is 45.6 Å². The van der Waals surface area contributed by atoms with Crippen molar-refractivity contribution >= 4 is 5.97 Å². The number of benzene rings is 2. The molecule has 0 amide bonds. The fourth-order valence-corrected chi connectivity index (χ4v) is 5.86. The van der Waals surface area contributed by atoms with Gasteiger partial charge in [-0.15, -0.1) is 0 Å². The summed E-state index contributed by atoms with van der Waals surface area (Å²) in [5.41, 5.74) is 2.99. The van der Waals surface area contributed by atoms with E-state index in [2.05, 4.69) is 62.3 Å². The van der Waals surface area contributed by atoms with Crippen molar-refractivity contribution in [2.75, 3.05) is 0 Å². The van der Waals surface area contributed by atoms with E-state index >= 15 is 0 Å². The van der Waals surface area contributed by atoms with Gasteiger partial charge in [-0.25, -0.2) is 4.79 Å². The Morgan fingerprint density at radius 3 is 1.29 bits per heavy atom. The molecule has 2 aliphatic rings. The molecule has 0 saturated carbocycles. The fourth-order valence-electron chi connectivity index (χ4n) is 5.86. The van der Waals surface area contributed by atoms with Gasteiger partial charge in [0.25, 0.3) is 0 Å². The Bertz CT molecular complexity index is 1500.